The Labute approximate surface area is 92.7 Å². The van der Waals surface area contributed by atoms with E-state index >= 15 is 0 Å². The molecule has 0 radical (unpaired) electrons. The number of H-pyrrole nitrogens is 1. The molecule has 1 rings (SSSR count). The first-order chi connectivity index (χ1) is 7.19. The Hall–Kier alpha value is -0.830. The fourth-order valence-electron chi connectivity index (χ4n) is 1.99. The fraction of sp³-hybridized carbons (Fsp3) is 0.750. The summed E-state index contributed by atoms with van der Waals surface area (Å²) in [4.78, 5) is 0. The molecule has 0 amide bonds. The molecule has 0 spiro atoms. The zero-order valence-corrected chi connectivity index (χ0v) is 10.3. The number of hydrogen-bond donors (Lipinski definition) is 2. The van der Waals surface area contributed by atoms with Crippen LogP contribution in [-0.4, -0.2) is 16.2 Å². The SMILES string of the molecule is CCCC(CC)NC(C)c1cn[nH]c1C. The Kier molecular flexibility index (Phi) is 4.82. The van der Waals surface area contributed by atoms with Crippen molar-refractivity contribution in [2.45, 2.75) is 59.0 Å². The van der Waals surface area contributed by atoms with E-state index in [9.17, 15) is 0 Å². The molecule has 0 aromatic carbocycles. The topological polar surface area (TPSA) is 40.7 Å². The lowest BCUT2D eigenvalue weighted by Gasteiger charge is -2.21. The number of aryl methyl sites for hydroxylation is 1. The summed E-state index contributed by atoms with van der Waals surface area (Å²) < 4.78 is 0. The molecule has 1 aromatic heterocycles. The first-order valence-electron chi connectivity index (χ1n) is 5.94. The Morgan fingerprint density at radius 3 is 2.67 bits per heavy atom. The average molecular weight is 209 g/mol. The van der Waals surface area contributed by atoms with Gasteiger partial charge in [-0.3, -0.25) is 5.10 Å². The second-order valence-corrected chi connectivity index (χ2v) is 4.23. The van der Waals surface area contributed by atoms with E-state index in [1.165, 1.54) is 30.5 Å². The summed E-state index contributed by atoms with van der Waals surface area (Å²) in [6.45, 7) is 8.75. The predicted octanol–water partition coefficient (Wildman–Crippen LogP) is 2.95. The van der Waals surface area contributed by atoms with E-state index in [0.29, 0.717) is 12.1 Å². The van der Waals surface area contributed by atoms with Gasteiger partial charge in [-0.15, -0.1) is 0 Å². The van der Waals surface area contributed by atoms with Crippen molar-refractivity contribution in [1.29, 1.82) is 0 Å². The number of nitrogens with zero attached hydrogens (tertiary/aromatic N) is 1. The third-order valence-corrected chi connectivity index (χ3v) is 2.95. The lowest BCUT2D eigenvalue weighted by atomic mass is 10.1. The summed E-state index contributed by atoms with van der Waals surface area (Å²) in [6.07, 6.45) is 5.60. The van der Waals surface area contributed by atoms with E-state index < -0.39 is 0 Å². The molecule has 3 heteroatoms. The van der Waals surface area contributed by atoms with Gasteiger partial charge in [0.1, 0.15) is 0 Å². The summed E-state index contributed by atoms with van der Waals surface area (Å²) in [7, 11) is 0. The molecule has 3 nitrogen and oxygen atoms in total. The molecule has 0 aliphatic rings. The van der Waals surface area contributed by atoms with Crippen LogP contribution in [0, 0.1) is 6.92 Å². The van der Waals surface area contributed by atoms with Crippen molar-refractivity contribution >= 4 is 0 Å². The number of hydrogen-bond acceptors (Lipinski definition) is 2. The van der Waals surface area contributed by atoms with E-state index in [2.05, 4.69) is 43.2 Å². The van der Waals surface area contributed by atoms with Crippen molar-refractivity contribution in [2.75, 3.05) is 0 Å². The molecule has 0 bridgehead atoms. The van der Waals surface area contributed by atoms with Gasteiger partial charge in [0.05, 0.1) is 6.20 Å². The Balaban J connectivity index is 2.54. The van der Waals surface area contributed by atoms with Gasteiger partial charge in [-0.2, -0.15) is 5.10 Å². The summed E-state index contributed by atoms with van der Waals surface area (Å²) >= 11 is 0. The van der Waals surface area contributed by atoms with Crippen molar-refractivity contribution in [3.05, 3.63) is 17.5 Å². The Morgan fingerprint density at radius 2 is 2.20 bits per heavy atom. The number of nitrogens with one attached hydrogen (secondary N) is 2. The molecule has 15 heavy (non-hydrogen) atoms. The van der Waals surface area contributed by atoms with Crippen molar-refractivity contribution < 1.29 is 0 Å². The number of aromatic nitrogens is 2. The van der Waals surface area contributed by atoms with Gasteiger partial charge < -0.3 is 5.32 Å². The number of aromatic amines is 1. The van der Waals surface area contributed by atoms with E-state index in [1.54, 1.807) is 0 Å². The maximum absolute atomic E-state index is 4.06. The minimum atomic E-state index is 0.389. The average Bonchev–Trinajstić information content (AvgIpc) is 2.63. The lowest BCUT2D eigenvalue weighted by Crippen LogP contribution is -2.31. The van der Waals surface area contributed by atoms with Crippen molar-refractivity contribution in [3.8, 4) is 0 Å². The molecular formula is C12H23N3. The quantitative estimate of drug-likeness (QED) is 0.756. The predicted molar refractivity (Wildman–Crippen MR) is 63.9 cm³/mol. The molecule has 86 valence electrons. The highest BCUT2D eigenvalue weighted by molar-refractivity contribution is 5.18. The van der Waals surface area contributed by atoms with Crippen LogP contribution in [0.2, 0.25) is 0 Å². The van der Waals surface area contributed by atoms with Crippen molar-refractivity contribution in [1.82, 2.24) is 15.5 Å². The standard InChI is InChI=1S/C12H23N3/c1-5-7-11(6-2)14-9(3)12-8-13-15-10(12)4/h8-9,11,14H,5-7H2,1-4H3,(H,13,15). The van der Waals surface area contributed by atoms with Gasteiger partial charge >= 0.3 is 0 Å². The smallest absolute Gasteiger partial charge is 0.0537 e. The van der Waals surface area contributed by atoms with Gasteiger partial charge in [-0.1, -0.05) is 20.3 Å². The molecule has 0 fully saturated rings. The zero-order valence-electron chi connectivity index (χ0n) is 10.3. The lowest BCUT2D eigenvalue weighted by molar-refractivity contribution is 0.416. The minimum absolute atomic E-state index is 0.389. The Morgan fingerprint density at radius 1 is 1.47 bits per heavy atom. The highest BCUT2D eigenvalue weighted by Gasteiger charge is 2.13. The van der Waals surface area contributed by atoms with Crippen LogP contribution < -0.4 is 5.32 Å². The molecule has 0 saturated carbocycles. The molecule has 2 unspecified atom stereocenters. The third kappa shape index (κ3) is 3.34. The molecule has 0 aliphatic carbocycles. The van der Waals surface area contributed by atoms with E-state index in [-0.39, 0.29) is 0 Å². The molecule has 2 atom stereocenters. The zero-order chi connectivity index (χ0) is 11.3. The molecule has 1 heterocycles. The van der Waals surface area contributed by atoms with Crippen LogP contribution in [0.3, 0.4) is 0 Å². The molecule has 0 saturated heterocycles. The highest BCUT2D eigenvalue weighted by Crippen LogP contribution is 2.16. The number of rotatable bonds is 6. The van der Waals surface area contributed by atoms with Crippen LogP contribution in [0.5, 0.6) is 0 Å². The minimum Gasteiger partial charge on any atom is -0.307 e. The van der Waals surface area contributed by atoms with E-state index in [0.717, 1.165) is 0 Å². The van der Waals surface area contributed by atoms with Gasteiger partial charge in [0.2, 0.25) is 0 Å². The third-order valence-electron chi connectivity index (χ3n) is 2.95. The first kappa shape index (κ1) is 12.2. The van der Waals surface area contributed by atoms with Crippen LogP contribution >= 0.6 is 0 Å². The molecule has 2 N–H and O–H groups in total. The second-order valence-electron chi connectivity index (χ2n) is 4.23. The van der Waals surface area contributed by atoms with E-state index in [1.807, 2.05) is 6.20 Å². The van der Waals surface area contributed by atoms with Crippen molar-refractivity contribution in [2.24, 2.45) is 0 Å². The monoisotopic (exact) mass is 209 g/mol. The Bertz CT molecular complexity index is 280. The molecule has 0 aliphatic heterocycles. The van der Waals surface area contributed by atoms with Crippen LogP contribution in [0.15, 0.2) is 6.20 Å². The van der Waals surface area contributed by atoms with Gasteiger partial charge in [0, 0.05) is 23.3 Å². The van der Waals surface area contributed by atoms with Crippen LogP contribution in [-0.2, 0) is 0 Å². The van der Waals surface area contributed by atoms with Crippen LogP contribution in [0.1, 0.15) is 57.3 Å². The maximum Gasteiger partial charge on any atom is 0.0537 e. The summed E-state index contributed by atoms with van der Waals surface area (Å²) in [5.41, 5.74) is 2.45. The van der Waals surface area contributed by atoms with Gasteiger partial charge in [0.15, 0.2) is 0 Å². The normalized spacial score (nSPS) is 15.2. The largest absolute Gasteiger partial charge is 0.307 e. The second kappa shape index (κ2) is 5.91. The summed E-state index contributed by atoms with van der Waals surface area (Å²) in [5.74, 6) is 0. The van der Waals surface area contributed by atoms with Crippen LogP contribution in [0.4, 0.5) is 0 Å². The van der Waals surface area contributed by atoms with Gasteiger partial charge in [0.25, 0.3) is 0 Å². The van der Waals surface area contributed by atoms with Gasteiger partial charge in [-0.05, 0) is 26.7 Å². The van der Waals surface area contributed by atoms with E-state index in [4.69, 9.17) is 0 Å². The van der Waals surface area contributed by atoms with Crippen LogP contribution in [0.25, 0.3) is 0 Å². The van der Waals surface area contributed by atoms with Gasteiger partial charge in [-0.25, -0.2) is 0 Å². The maximum atomic E-state index is 4.06. The first-order valence-corrected chi connectivity index (χ1v) is 5.94. The summed E-state index contributed by atoms with van der Waals surface area (Å²) in [6, 6.07) is 1.01. The summed E-state index contributed by atoms with van der Waals surface area (Å²) in [5, 5.41) is 10.7. The van der Waals surface area contributed by atoms with Crippen molar-refractivity contribution in [3.63, 3.8) is 0 Å². The highest BCUT2D eigenvalue weighted by atomic mass is 15.1. The molecule has 1 aromatic rings. The fourth-order valence-corrected chi connectivity index (χ4v) is 1.99. The molecular weight excluding hydrogens is 186 g/mol.